The van der Waals surface area contributed by atoms with Gasteiger partial charge < -0.3 is 40.2 Å². The smallest absolute Gasteiger partial charge is 0.220 e. The third-order valence-corrected chi connectivity index (χ3v) is 6.47. The van der Waals surface area contributed by atoms with Gasteiger partial charge in [-0.3, -0.25) is 4.79 Å². The molecule has 0 radical (unpaired) electrons. The number of aliphatic hydroxyl groups is 2. The number of nitrogens with one attached hydrogen (secondary N) is 1. The molecule has 0 aromatic carbocycles. The monoisotopic (exact) mass is 468 g/mol. The van der Waals surface area contributed by atoms with Gasteiger partial charge in [0.1, 0.15) is 0 Å². The molecule has 5 N–H and O–H groups in total. The van der Waals surface area contributed by atoms with Gasteiger partial charge in [0.15, 0.2) is 12.6 Å². The number of carbonyl (C=O) groups is 1. The third kappa shape index (κ3) is 9.13. The Hall–Kier alpha value is -1.25. The third-order valence-electron chi connectivity index (χ3n) is 6.47. The van der Waals surface area contributed by atoms with Gasteiger partial charge in [0.05, 0.1) is 37.1 Å². The number of ether oxygens (including phenoxy) is 4. The molecule has 8 atom stereocenters. The molecule has 8 unspecified atom stereocenters. The van der Waals surface area contributed by atoms with Crippen molar-refractivity contribution in [2.45, 2.75) is 120 Å². The molecule has 1 saturated carbocycles. The van der Waals surface area contributed by atoms with Gasteiger partial charge in [-0.05, 0) is 38.5 Å². The second-order valence-corrected chi connectivity index (χ2v) is 9.46. The van der Waals surface area contributed by atoms with Gasteiger partial charge in [-0.2, -0.15) is 0 Å². The Kier molecular flexibility index (Phi) is 10.9. The molecule has 0 aromatic rings. The summed E-state index contributed by atoms with van der Waals surface area (Å²) in [7, 11) is 0. The van der Waals surface area contributed by atoms with Crippen molar-refractivity contribution in [1.29, 1.82) is 0 Å². The topological polar surface area (TPSA) is 132 Å². The van der Waals surface area contributed by atoms with Crippen molar-refractivity contribution >= 4 is 5.91 Å². The molecule has 9 nitrogen and oxygen atoms in total. The van der Waals surface area contributed by atoms with E-state index in [1.54, 1.807) is 0 Å². The van der Waals surface area contributed by atoms with Crippen LogP contribution in [0.1, 0.15) is 70.6 Å². The van der Waals surface area contributed by atoms with E-state index in [0.29, 0.717) is 57.9 Å². The number of hydrogen-bond donors (Lipinski definition) is 4. The second kappa shape index (κ2) is 13.6. The Balaban J connectivity index is 1.41. The zero-order valence-electron chi connectivity index (χ0n) is 19.4. The van der Waals surface area contributed by atoms with Crippen LogP contribution in [0.3, 0.4) is 0 Å². The lowest BCUT2D eigenvalue weighted by Gasteiger charge is -2.39. The maximum absolute atomic E-state index is 11.9. The number of rotatable bonds is 10. The van der Waals surface area contributed by atoms with Crippen molar-refractivity contribution in [2.75, 3.05) is 13.2 Å². The van der Waals surface area contributed by atoms with Gasteiger partial charge in [0, 0.05) is 44.7 Å². The molecule has 3 aliphatic rings. The number of amides is 1. The minimum Gasteiger partial charge on any atom is -0.394 e. The predicted octanol–water partition coefficient (Wildman–Crippen LogP) is 0.941. The number of carbonyl (C=O) groups excluding carboxylic acids is 1. The van der Waals surface area contributed by atoms with Crippen LogP contribution in [-0.2, 0) is 23.7 Å². The molecule has 33 heavy (non-hydrogen) atoms. The van der Waals surface area contributed by atoms with Crippen LogP contribution in [0.25, 0.3) is 0 Å². The summed E-state index contributed by atoms with van der Waals surface area (Å²) in [5, 5.41) is 22.5. The summed E-state index contributed by atoms with van der Waals surface area (Å²) >= 11 is 0. The van der Waals surface area contributed by atoms with E-state index in [1.807, 2.05) is 0 Å². The molecule has 1 amide bonds. The van der Waals surface area contributed by atoms with Gasteiger partial charge in [0.2, 0.25) is 5.91 Å². The van der Waals surface area contributed by atoms with Crippen molar-refractivity contribution in [3.8, 4) is 12.3 Å². The zero-order chi connectivity index (χ0) is 23.6. The molecule has 0 aromatic heterocycles. The number of terminal acetylenes is 1. The van der Waals surface area contributed by atoms with E-state index in [1.165, 1.54) is 0 Å². The number of nitrogens with two attached hydrogens (primary N) is 1. The highest BCUT2D eigenvalue weighted by Gasteiger charge is 2.35. The molecular weight excluding hydrogens is 428 g/mol. The fourth-order valence-electron chi connectivity index (χ4n) is 4.82. The van der Waals surface area contributed by atoms with Crippen LogP contribution < -0.4 is 11.1 Å². The Morgan fingerprint density at radius 2 is 1.76 bits per heavy atom. The highest BCUT2D eigenvalue weighted by molar-refractivity contribution is 5.75. The van der Waals surface area contributed by atoms with Gasteiger partial charge in [-0.1, -0.05) is 0 Å². The van der Waals surface area contributed by atoms with Crippen molar-refractivity contribution in [3.63, 3.8) is 0 Å². The molecule has 9 heteroatoms. The first-order valence-corrected chi connectivity index (χ1v) is 12.3. The molecule has 0 spiro atoms. The average molecular weight is 469 g/mol. The zero-order valence-corrected chi connectivity index (χ0v) is 19.4. The van der Waals surface area contributed by atoms with Crippen LogP contribution in [-0.4, -0.2) is 78.4 Å². The highest BCUT2D eigenvalue weighted by atomic mass is 16.7. The molecule has 188 valence electrons. The van der Waals surface area contributed by atoms with Crippen molar-refractivity contribution in [3.05, 3.63) is 0 Å². The van der Waals surface area contributed by atoms with E-state index in [9.17, 15) is 15.0 Å². The average Bonchev–Trinajstić information content (AvgIpc) is 2.77. The van der Waals surface area contributed by atoms with Crippen LogP contribution in [0, 0.1) is 12.3 Å². The lowest BCUT2D eigenvalue weighted by atomic mass is 9.94. The van der Waals surface area contributed by atoms with E-state index < -0.39 is 18.7 Å². The summed E-state index contributed by atoms with van der Waals surface area (Å²) < 4.78 is 24.2. The van der Waals surface area contributed by atoms with Crippen LogP contribution in [0.15, 0.2) is 0 Å². The molecule has 3 rings (SSSR count). The fourth-order valence-corrected chi connectivity index (χ4v) is 4.82. The quantitative estimate of drug-likeness (QED) is 0.275. The standard InChI is InChI=1S/C24H40N2O7/c1-2-3-4-8-22(29)26-14-20-11-17(28)12-24(32-20)31-19-7-5-6-18(13-19)30-23-10-16(25)9-21(15-27)33-23/h1,16-21,23-24,27-28H,3-15,25H2,(H,26,29). The summed E-state index contributed by atoms with van der Waals surface area (Å²) in [5.41, 5.74) is 6.08. The van der Waals surface area contributed by atoms with Crippen molar-refractivity contribution in [2.24, 2.45) is 5.73 Å². The van der Waals surface area contributed by atoms with E-state index in [0.717, 1.165) is 19.3 Å². The molecule has 3 fully saturated rings. The van der Waals surface area contributed by atoms with Gasteiger partial charge in [0.25, 0.3) is 0 Å². The lowest BCUT2D eigenvalue weighted by molar-refractivity contribution is -0.255. The Morgan fingerprint density at radius 1 is 1.06 bits per heavy atom. The van der Waals surface area contributed by atoms with Gasteiger partial charge in [-0.15, -0.1) is 12.3 Å². The number of unbranched alkanes of at least 4 members (excludes halogenated alkanes) is 1. The van der Waals surface area contributed by atoms with E-state index in [2.05, 4.69) is 11.2 Å². The largest absolute Gasteiger partial charge is 0.394 e. The Morgan fingerprint density at radius 3 is 2.45 bits per heavy atom. The van der Waals surface area contributed by atoms with Crippen LogP contribution in [0.2, 0.25) is 0 Å². The van der Waals surface area contributed by atoms with Crippen LogP contribution in [0.4, 0.5) is 0 Å². The number of hydrogen-bond acceptors (Lipinski definition) is 8. The van der Waals surface area contributed by atoms with Crippen molar-refractivity contribution < 1.29 is 34.0 Å². The van der Waals surface area contributed by atoms with Crippen LogP contribution >= 0.6 is 0 Å². The fraction of sp³-hybridized carbons (Fsp3) is 0.875. The second-order valence-electron chi connectivity index (χ2n) is 9.46. The van der Waals surface area contributed by atoms with Crippen molar-refractivity contribution in [1.82, 2.24) is 5.32 Å². The molecule has 2 aliphatic heterocycles. The summed E-state index contributed by atoms with van der Waals surface area (Å²) in [6, 6.07) is -0.0385. The first-order chi connectivity index (χ1) is 15.9. The maximum Gasteiger partial charge on any atom is 0.220 e. The summed E-state index contributed by atoms with van der Waals surface area (Å²) in [5.74, 6) is 2.46. The summed E-state index contributed by atoms with van der Waals surface area (Å²) in [6.45, 7) is 0.283. The normalized spacial score (nSPS) is 37.3. The van der Waals surface area contributed by atoms with Gasteiger partial charge in [-0.25, -0.2) is 0 Å². The Labute approximate surface area is 196 Å². The van der Waals surface area contributed by atoms with E-state index in [-0.39, 0.29) is 43.0 Å². The van der Waals surface area contributed by atoms with Gasteiger partial charge >= 0.3 is 0 Å². The van der Waals surface area contributed by atoms with E-state index in [4.69, 9.17) is 31.1 Å². The lowest BCUT2D eigenvalue weighted by Crippen LogP contribution is -2.46. The predicted molar refractivity (Wildman–Crippen MR) is 121 cm³/mol. The van der Waals surface area contributed by atoms with Crippen LogP contribution in [0.5, 0.6) is 0 Å². The maximum atomic E-state index is 11.9. The minimum absolute atomic E-state index is 0.00926. The highest BCUT2D eigenvalue weighted by Crippen LogP contribution is 2.30. The van der Waals surface area contributed by atoms with E-state index >= 15 is 0 Å². The summed E-state index contributed by atoms with van der Waals surface area (Å²) in [6.07, 6.45) is 10.4. The Bertz CT molecular complexity index is 643. The molecule has 2 heterocycles. The molecule has 2 saturated heterocycles. The molecular formula is C24H40N2O7. The minimum atomic E-state index is -0.532. The molecule has 0 bridgehead atoms. The first-order valence-electron chi connectivity index (χ1n) is 12.3. The first kappa shape index (κ1) is 26.4. The molecule has 1 aliphatic carbocycles. The summed E-state index contributed by atoms with van der Waals surface area (Å²) in [4.78, 5) is 11.9. The number of aliphatic hydroxyl groups excluding tert-OH is 2. The SMILES string of the molecule is C#CCCCC(=O)NCC1CC(O)CC(OC2CCCC(OC3CC(N)CC(CO)O3)C2)O1.